The number of rotatable bonds is 7. The molecule has 1 atom stereocenters. The Kier molecular flexibility index (Phi) is 6.19. The molecule has 2 rings (SSSR count). The van der Waals surface area contributed by atoms with Gasteiger partial charge in [0.1, 0.15) is 5.82 Å². The van der Waals surface area contributed by atoms with E-state index < -0.39 is 0 Å². The maximum Gasteiger partial charge on any atom is 0.205 e. The van der Waals surface area contributed by atoms with Crippen molar-refractivity contribution in [3.05, 3.63) is 5.82 Å². The van der Waals surface area contributed by atoms with E-state index in [2.05, 4.69) is 33.0 Å². The van der Waals surface area contributed by atoms with Crippen LogP contribution in [0.3, 0.4) is 0 Å². The van der Waals surface area contributed by atoms with E-state index in [1.165, 1.54) is 12.8 Å². The average molecular weight is 297 g/mol. The predicted molar refractivity (Wildman–Crippen MR) is 85.4 cm³/mol. The number of nitrogens with zero attached hydrogens (tertiary/aromatic N) is 4. The molecular weight excluding hydrogens is 270 g/mol. The van der Waals surface area contributed by atoms with E-state index >= 15 is 0 Å². The minimum absolute atomic E-state index is 0.548. The SMILES string of the molecule is CCCc1nsc(N2CCN(C(CN)CCC)CC2)n1. The van der Waals surface area contributed by atoms with E-state index in [-0.39, 0.29) is 0 Å². The second-order valence-electron chi connectivity index (χ2n) is 5.44. The minimum atomic E-state index is 0.548. The van der Waals surface area contributed by atoms with Gasteiger partial charge < -0.3 is 10.6 Å². The summed E-state index contributed by atoms with van der Waals surface area (Å²) < 4.78 is 4.44. The summed E-state index contributed by atoms with van der Waals surface area (Å²) in [7, 11) is 0. The molecule has 6 heteroatoms. The number of piperazine rings is 1. The largest absolute Gasteiger partial charge is 0.344 e. The van der Waals surface area contributed by atoms with Crippen molar-refractivity contribution < 1.29 is 0 Å². The standard InChI is InChI=1S/C14H27N5S/c1-3-5-12(11-15)18-7-9-19(10-8-18)14-16-13(6-4-2)17-20-14/h12H,3-11,15H2,1-2H3. The number of aryl methyl sites for hydroxylation is 1. The number of aromatic nitrogens is 2. The fraction of sp³-hybridized carbons (Fsp3) is 0.857. The van der Waals surface area contributed by atoms with Crippen LogP contribution >= 0.6 is 11.5 Å². The molecule has 1 saturated heterocycles. The van der Waals surface area contributed by atoms with Crippen molar-refractivity contribution in [2.24, 2.45) is 5.73 Å². The van der Waals surface area contributed by atoms with Crippen molar-refractivity contribution in [1.82, 2.24) is 14.3 Å². The molecule has 114 valence electrons. The molecule has 0 aliphatic carbocycles. The summed E-state index contributed by atoms with van der Waals surface area (Å²) in [4.78, 5) is 9.54. The molecule has 0 spiro atoms. The molecule has 0 radical (unpaired) electrons. The van der Waals surface area contributed by atoms with Gasteiger partial charge >= 0.3 is 0 Å². The second kappa shape index (κ2) is 7.90. The number of hydrogen-bond donors (Lipinski definition) is 1. The molecule has 1 aromatic rings. The van der Waals surface area contributed by atoms with Crippen LogP contribution in [0.4, 0.5) is 5.13 Å². The molecule has 0 bridgehead atoms. The first kappa shape index (κ1) is 15.7. The highest BCUT2D eigenvalue weighted by molar-refractivity contribution is 7.09. The maximum atomic E-state index is 5.90. The fourth-order valence-corrected chi connectivity index (χ4v) is 3.52. The number of hydrogen-bond acceptors (Lipinski definition) is 6. The van der Waals surface area contributed by atoms with Gasteiger partial charge in [0.2, 0.25) is 5.13 Å². The number of anilines is 1. The smallest absolute Gasteiger partial charge is 0.205 e. The Balaban J connectivity index is 1.86. The summed E-state index contributed by atoms with van der Waals surface area (Å²) in [5, 5.41) is 1.09. The Morgan fingerprint density at radius 3 is 2.55 bits per heavy atom. The Morgan fingerprint density at radius 2 is 1.95 bits per heavy atom. The van der Waals surface area contributed by atoms with E-state index in [1.807, 2.05) is 0 Å². The molecule has 1 aliphatic heterocycles. The van der Waals surface area contributed by atoms with Gasteiger partial charge in [0.15, 0.2) is 0 Å². The van der Waals surface area contributed by atoms with Crippen LogP contribution in [0.2, 0.25) is 0 Å². The van der Waals surface area contributed by atoms with E-state index in [1.54, 1.807) is 11.5 Å². The summed E-state index contributed by atoms with van der Waals surface area (Å²) >= 11 is 1.54. The molecule has 1 aliphatic rings. The van der Waals surface area contributed by atoms with Gasteiger partial charge in [-0.15, -0.1) is 0 Å². The third-order valence-corrected chi connectivity index (χ3v) is 4.74. The number of nitrogens with two attached hydrogens (primary N) is 1. The summed E-state index contributed by atoms with van der Waals surface area (Å²) in [6.07, 6.45) is 4.51. The maximum absolute atomic E-state index is 5.90. The molecule has 2 N–H and O–H groups in total. The summed E-state index contributed by atoms with van der Waals surface area (Å²) in [5.41, 5.74) is 5.90. The van der Waals surface area contributed by atoms with Gasteiger partial charge in [-0.25, -0.2) is 4.98 Å². The van der Waals surface area contributed by atoms with Gasteiger partial charge in [0.05, 0.1) is 0 Å². The second-order valence-corrected chi connectivity index (χ2v) is 6.17. The Bertz CT molecular complexity index is 387. The molecule has 1 unspecified atom stereocenters. The van der Waals surface area contributed by atoms with Crippen LogP contribution < -0.4 is 10.6 Å². The molecule has 1 fully saturated rings. The Labute approximate surface area is 126 Å². The lowest BCUT2D eigenvalue weighted by atomic mass is 10.1. The first-order chi connectivity index (χ1) is 9.78. The van der Waals surface area contributed by atoms with Crippen molar-refractivity contribution >= 4 is 16.7 Å². The van der Waals surface area contributed by atoms with Crippen molar-refractivity contribution in [2.75, 3.05) is 37.6 Å². The van der Waals surface area contributed by atoms with Crippen LogP contribution in [-0.2, 0) is 6.42 Å². The average Bonchev–Trinajstić information content (AvgIpc) is 2.94. The van der Waals surface area contributed by atoms with Crippen molar-refractivity contribution in [3.63, 3.8) is 0 Å². The molecule has 20 heavy (non-hydrogen) atoms. The van der Waals surface area contributed by atoms with Gasteiger partial charge in [-0.1, -0.05) is 20.3 Å². The highest BCUT2D eigenvalue weighted by Gasteiger charge is 2.24. The minimum Gasteiger partial charge on any atom is -0.344 e. The Morgan fingerprint density at radius 1 is 1.20 bits per heavy atom. The van der Waals surface area contributed by atoms with Gasteiger partial charge in [0.25, 0.3) is 0 Å². The topological polar surface area (TPSA) is 58.3 Å². The van der Waals surface area contributed by atoms with Gasteiger partial charge in [-0.3, -0.25) is 4.90 Å². The molecular formula is C14H27N5S. The monoisotopic (exact) mass is 297 g/mol. The quantitative estimate of drug-likeness (QED) is 0.831. The van der Waals surface area contributed by atoms with Gasteiger partial charge in [0, 0.05) is 56.7 Å². The molecule has 0 amide bonds. The molecule has 5 nitrogen and oxygen atoms in total. The zero-order chi connectivity index (χ0) is 14.4. The third kappa shape index (κ3) is 3.90. The zero-order valence-corrected chi connectivity index (χ0v) is 13.5. The van der Waals surface area contributed by atoms with E-state index in [0.29, 0.717) is 6.04 Å². The van der Waals surface area contributed by atoms with Gasteiger partial charge in [-0.2, -0.15) is 4.37 Å². The summed E-state index contributed by atoms with van der Waals surface area (Å²) in [5.74, 6) is 1.00. The lowest BCUT2D eigenvalue weighted by Crippen LogP contribution is -2.52. The van der Waals surface area contributed by atoms with Crippen molar-refractivity contribution in [3.8, 4) is 0 Å². The van der Waals surface area contributed by atoms with Crippen LogP contribution in [0.25, 0.3) is 0 Å². The fourth-order valence-electron chi connectivity index (χ4n) is 2.76. The van der Waals surface area contributed by atoms with Crippen molar-refractivity contribution in [1.29, 1.82) is 0 Å². The van der Waals surface area contributed by atoms with Crippen LogP contribution in [0.15, 0.2) is 0 Å². The predicted octanol–water partition coefficient (Wildman–Crippen LogP) is 1.74. The lowest BCUT2D eigenvalue weighted by molar-refractivity contribution is 0.179. The van der Waals surface area contributed by atoms with Crippen LogP contribution in [-0.4, -0.2) is 53.0 Å². The normalized spacial score (nSPS) is 18.4. The Hall–Kier alpha value is -0.720. The van der Waals surface area contributed by atoms with Crippen molar-refractivity contribution in [2.45, 2.75) is 45.6 Å². The summed E-state index contributed by atoms with van der Waals surface area (Å²) in [6, 6.07) is 0.548. The van der Waals surface area contributed by atoms with Gasteiger partial charge in [-0.05, 0) is 12.8 Å². The summed E-state index contributed by atoms with van der Waals surface area (Å²) in [6.45, 7) is 9.43. The highest BCUT2D eigenvalue weighted by atomic mass is 32.1. The highest BCUT2D eigenvalue weighted by Crippen LogP contribution is 2.20. The molecule has 2 heterocycles. The van der Waals surface area contributed by atoms with Crippen LogP contribution in [0, 0.1) is 0 Å². The zero-order valence-electron chi connectivity index (χ0n) is 12.7. The molecule has 0 aromatic carbocycles. The van der Waals surface area contributed by atoms with Crippen LogP contribution in [0.1, 0.15) is 38.9 Å². The first-order valence-electron chi connectivity index (χ1n) is 7.80. The van der Waals surface area contributed by atoms with E-state index in [9.17, 15) is 0 Å². The molecule has 1 aromatic heterocycles. The van der Waals surface area contributed by atoms with E-state index in [0.717, 1.165) is 56.5 Å². The third-order valence-electron chi connectivity index (χ3n) is 3.93. The van der Waals surface area contributed by atoms with Crippen LogP contribution in [0.5, 0.6) is 0 Å². The molecule has 0 saturated carbocycles. The lowest BCUT2D eigenvalue weighted by Gasteiger charge is -2.38. The first-order valence-corrected chi connectivity index (χ1v) is 8.57. The van der Waals surface area contributed by atoms with E-state index in [4.69, 9.17) is 5.73 Å².